The van der Waals surface area contributed by atoms with Crippen LogP contribution in [-0.2, 0) is 4.74 Å². The molecular weight excluding hydrogens is 266 g/mol. The van der Waals surface area contributed by atoms with Crippen molar-refractivity contribution in [3.8, 4) is 0 Å². The second-order valence-electron chi connectivity index (χ2n) is 5.92. The van der Waals surface area contributed by atoms with E-state index in [0.717, 1.165) is 24.8 Å². The molecule has 1 aliphatic rings. The van der Waals surface area contributed by atoms with Crippen molar-refractivity contribution in [2.75, 3.05) is 51.5 Å². The molecule has 0 spiro atoms. The smallest absolute Gasteiger partial charge is 0.255 e. The van der Waals surface area contributed by atoms with Gasteiger partial charge in [-0.3, -0.25) is 4.79 Å². The van der Waals surface area contributed by atoms with Crippen LogP contribution in [0.4, 0.5) is 11.4 Å². The molecule has 2 N–H and O–H groups in total. The van der Waals surface area contributed by atoms with Crippen molar-refractivity contribution < 1.29 is 9.53 Å². The quantitative estimate of drug-likeness (QED) is 0.615. The van der Waals surface area contributed by atoms with Crippen molar-refractivity contribution >= 4 is 17.3 Å². The molecule has 1 amide bonds. The van der Waals surface area contributed by atoms with Crippen LogP contribution in [0.25, 0.3) is 0 Å². The number of ether oxygens (including phenoxy) is 1. The van der Waals surface area contributed by atoms with Crippen LogP contribution in [0.15, 0.2) is 18.2 Å². The van der Waals surface area contributed by atoms with Crippen LogP contribution in [0, 0.1) is 5.92 Å². The highest BCUT2D eigenvalue weighted by Crippen LogP contribution is 2.29. The highest BCUT2D eigenvalue weighted by atomic mass is 16.5. The van der Waals surface area contributed by atoms with Gasteiger partial charge in [-0.1, -0.05) is 0 Å². The summed E-state index contributed by atoms with van der Waals surface area (Å²) < 4.78 is 5.66. The normalized spacial score (nSPS) is 14.0. The molecule has 1 fully saturated rings. The monoisotopic (exact) mass is 291 g/mol. The van der Waals surface area contributed by atoms with Crippen LogP contribution in [0.3, 0.4) is 0 Å². The lowest BCUT2D eigenvalue weighted by molar-refractivity contribution is 0.0828. The zero-order valence-electron chi connectivity index (χ0n) is 13.1. The molecule has 0 radical (unpaired) electrons. The molecule has 0 unspecified atom stereocenters. The van der Waals surface area contributed by atoms with Crippen LogP contribution >= 0.6 is 0 Å². The molecule has 1 aromatic carbocycles. The lowest BCUT2D eigenvalue weighted by Gasteiger charge is -2.23. The van der Waals surface area contributed by atoms with Crippen molar-refractivity contribution in [2.24, 2.45) is 5.92 Å². The number of carbonyl (C=O) groups excluding carboxylic acids is 1. The number of anilines is 2. The summed E-state index contributed by atoms with van der Waals surface area (Å²) in [5, 5.41) is 0. The molecule has 21 heavy (non-hydrogen) atoms. The fourth-order valence-corrected chi connectivity index (χ4v) is 2.14. The lowest BCUT2D eigenvalue weighted by Crippen LogP contribution is -2.28. The summed E-state index contributed by atoms with van der Waals surface area (Å²) >= 11 is 0. The first-order valence-electron chi connectivity index (χ1n) is 7.39. The van der Waals surface area contributed by atoms with Crippen LogP contribution in [0.5, 0.6) is 0 Å². The summed E-state index contributed by atoms with van der Waals surface area (Å²) in [6.45, 7) is 2.26. The Morgan fingerprint density at radius 2 is 2.05 bits per heavy atom. The van der Waals surface area contributed by atoms with E-state index < -0.39 is 0 Å². The van der Waals surface area contributed by atoms with Gasteiger partial charge in [0.2, 0.25) is 0 Å². The Kier molecular flexibility index (Phi) is 5.07. The number of nitrogen functional groups attached to an aromatic ring is 1. The van der Waals surface area contributed by atoms with Gasteiger partial charge in [0.1, 0.15) is 0 Å². The van der Waals surface area contributed by atoms with Gasteiger partial charge in [-0.25, -0.2) is 0 Å². The summed E-state index contributed by atoms with van der Waals surface area (Å²) in [5.74, 6) is 0.754. The first-order valence-corrected chi connectivity index (χ1v) is 7.39. The van der Waals surface area contributed by atoms with Crippen molar-refractivity contribution in [1.29, 1.82) is 0 Å². The summed E-state index contributed by atoms with van der Waals surface area (Å²) in [4.78, 5) is 15.8. The van der Waals surface area contributed by atoms with E-state index in [0.29, 0.717) is 17.9 Å². The third-order valence-electron chi connectivity index (χ3n) is 3.69. The highest BCUT2D eigenvalue weighted by molar-refractivity contribution is 6.00. The number of carbonyl (C=O) groups is 1. The van der Waals surface area contributed by atoms with Crippen LogP contribution in [0.2, 0.25) is 0 Å². The standard InChI is InChI=1S/C16H25N3O2/c1-18(2)16(20)14-7-6-13(17)10-15(14)19(3)8-9-21-11-12-4-5-12/h6-7,10,12H,4-5,8-9,11,17H2,1-3H3. The Hall–Kier alpha value is -1.75. The van der Waals surface area contributed by atoms with E-state index in [2.05, 4.69) is 0 Å². The van der Waals surface area contributed by atoms with Gasteiger partial charge < -0.3 is 20.3 Å². The average molecular weight is 291 g/mol. The Morgan fingerprint density at radius 3 is 2.67 bits per heavy atom. The van der Waals surface area contributed by atoms with E-state index in [1.807, 2.05) is 18.0 Å². The Morgan fingerprint density at radius 1 is 1.33 bits per heavy atom. The largest absolute Gasteiger partial charge is 0.399 e. The van der Waals surface area contributed by atoms with Gasteiger partial charge in [0.25, 0.3) is 5.91 Å². The van der Waals surface area contributed by atoms with Gasteiger partial charge in [-0.2, -0.15) is 0 Å². The molecule has 1 saturated carbocycles. The Labute approximate surface area is 126 Å². The van der Waals surface area contributed by atoms with Gasteiger partial charge >= 0.3 is 0 Å². The lowest BCUT2D eigenvalue weighted by atomic mass is 10.1. The fourth-order valence-electron chi connectivity index (χ4n) is 2.14. The molecule has 0 atom stereocenters. The average Bonchev–Trinajstić information content (AvgIpc) is 3.26. The third kappa shape index (κ3) is 4.36. The van der Waals surface area contributed by atoms with Gasteiger partial charge in [-0.15, -0.1) is 0 Å². The molecule has 5 heteroatoms. The number of nitrogens with two attached hydrogens (primary N) is 1. The number of nitrogens with zero attached hydrogens (tertiary/aromatic N) is 2. The minimum absolute atomic E-state index is 0.0178. The molecule has 1 aromatic rings. The van der Waals surface area contributed by atoms with Crippen molar-refractivity contribution in [1.82, 2.24) is 4.90 Å². The minimum atomic E-state index is -0.0178. The van der Waals surface area contributed by atoms with E-state index in [-0.39, 0.29) is 5.91 Å². The molecule has 2 rings (SSSR count). The van der Waals surface area contributed by atoms with E-state index in [1.165, 1.54) is 12.8 Å². The molecule has 5 nitrogen and oxygen atoms in total. The third-order valence-corrected chi connectivity index (χ3v) is 3.69. The number of amides is 1. The van der Waals surface area contributed by atoms with Crippen LogP contribution in [0.1, 0.15) is 23.2 Å². The maximum absolute atomic E-state index is 12.2. The first-order chi connectivity index (χ1) is 9.99. The van der Waals surface area contributed by atoms with Crippen molar-refractivity contribution in [2.45, 2.75) is 12.8 Å². The van der Waals surface area contributed by atoms with Crippen LogP contribution in [-0.4, -0.2) is 51.7 Å². The molecule has 116 valence electrons. The predicted octanol–water partition coefficient (Wildman–Crippen LogP) is 1.83. The first kappa shape index (κ1) is 15.6. The summed E-state index contributed by atoms with van der Waals surface area (Å²) in [6, 6.07) is 5.39. The molecule has 0 aromatic heterocycles. The van der Waals surface area contributed by atoms with Gasteiger partial charge in [0.05, 0.1) is 17.9 Å². The zero-order chi connectivity index (χ0) is 15.4. The van der Waals surface area contributed by atoms with Crippen molar-refractivity contribution in [3.05, 3.63) is 23.8 Å². The number of benzene rings is 1. The number of hydrogen-bond donors (Lipinski definition) is 1. The second-order valence-corrected chi connectivity index (χ2v) is 5.92. The fraction of sp³-hybridized carbons (Fsp3) is 0.562. The minimum Gasteiger partial charge on any atom is -0.399 e. The zero-order valence-corrected chi connectivity index (χ0v) is 13.1. The number of likely N-dealkylation sites (N-methyl/N-ethyl adjacent to an activating group) is 1. The molecule has 0 saturated heterocycles. The van der Waals surface area contributed by atoms with Crippen molar-refractivity contribution in [3.63, 3.8) is 0 Å². The Bertz CT molecular complexity index is 498. The molecular formula is C16H25N3O2. The van der Waals surface area contributed by atoms with Crippen LogP contribution < -0.4 is 10.6 Å². The van der Waals surface area contributed by atoms with Gasteiger partial charge in [0.15, 0.2) is 0 Å². The van der Waals surface area contributed by atoms with E-state index in [1.54, 1.807) is 31.1 Å². The highest BCUT2D eigenvalue weighted by Gasteiger charge is 2.21. The number of hydrogen-bond acceptors (Lipinski definition) is 4. The topological polar surface area (TPSA) is 58.8 Å². The molecule has 1 aliphatic carbocycles. The van der Waals surface area contributed by atoms with Gasteiger partial charge in [-0.05, 0) is 37.0 Å². The maximum atomic E-state index is 12.2. The van der Waals surface area contributed by atoms with E-state index >= 15 is 0 Å². The van der Waals surface area contributed by atoms with E-state index in [9.17, 15) is 4.79 Å². The summed E-state index contributed by atoms with van der Waals surface area (Å²) in [6.07, 6.45) is 2.60. The molecule has 0 aliphatic heterocycles. The maximum Gasteiger partial charge on any atom is 0.255 e. The van der Waals surface area contributed by atoms with Gasteiger partial charge in [0, 0.05) is 40.0 Å². The molecule has 0 bridgehead atoms. The SMILES string of the molecule is CN(C)C(=O)c1ccc(N)cc1N(C)CCOCC1CC1. The second kappa shape index (κ2) is 6.80. The molecule has 0 heterocycles. The van der Waals surface area contributed by atoms with E-state index in [4.69, 9.17) is 10.5 Å². The summed E-state index contributed by atoms with van der Waals surface area (Å²) in [7, 11) is 5.46. The number of rotatable bonds is 7. The summed E-state index contributed by atoms with van der Waals surface area (Å²) in [5.41, 5.74) is 8.04. The predicted molar refractivity (Wildman–Crippen MR) is 85.7 cm³/mol. The Balaban J connectivity index is 2.01.